The Hall–Kier alpha value is -1.12. The monoisotopic (exact) mass is 222 g/mol. The highest BCUT2D eigenvalue weighted by molar-refractivity contribution is 5.96. The molecule has 1 aliphatic carbocycles. The van der Waals surface area contributed by atoms with Gasteiger partial charge in [0.1, 0.15) is 0 Å². The molecular formula is C13H18O3. The highest BCUT2D eigenvalue weighted by Gasteiger charge is 2.45. The van der Waals surface area contributed by atoms with E-state index in [2.05, 4.69) is 17.7 Å². The fraction of sp³-hybridized carbons (Fsp3) is 0.692. The van der Waals surface area contributed by atoms with Crippen molar-refractivity contribution in [3.63, 3.8) is 0 Å². The zero-order valence-corrected chi connectivity index (χ0v) is 9.70. The second-order valence-electron chi connectivity index (χ2n) is 4.71. The van der Waals surface area contributed by atoms with Crippen molar-refractivity contribution in [1.82, 2.24) is 0 Å². The molecule has 3 heteroatoms. The average molecular weight is 222 g/mol. The van der Waals surface area contributed by atoms with E-state index in [1.165, 1.54) is 24.8 Å². The maximum Gasteiger partial charge on any atom is 0.317 e. The molecule has 3 nitrogen and oxygen atoms in total. The van der Waals surface area contributed by atoms with Gasteiger partial charge in [-0.1, -0.05) is 31.4 Å². The number of allylic oxidation sites excluding steroid dienone is 2. The third kappa shape index (κ3) is 2.18. The lowest BCUT2D eigenvalue weighted by Crippen LogP contribution is -2.21. The summed E-state index contributed by atoms with van der Waals surface area (Å²) < 4.78 is 4.67. The molecule has 2 aliphatic rings. The number of carbonyl (C=O) groups is 2. The van der Waals surface area contributed by atoms with Crippen LogP contribution >= 0.6 is 0 Å². The third-order valence-corrected chi connectivity index (χ3v) is 3.54. The van der Waals surface area contributed by atoms with Gasteiger partial charge in [0.2, 0.25) is 0 Å². The first-order valence-electron chi connectivity index (χ1n) is 6.15. The molecule has 0 saturated carbocycles. The number of hydrogen-bond acceptors (Lipinski definition) is 3. The fourth-order valence-electron chi connectivity index (χ4n) is 2.53. The Labute approximate surface area is 95.9 Å². The van der Waals surface area contributed by atoms with E-state index < -0.39 is 0 Å². The predicted octanol–water partition coefficient (Wildman–Crippen LogP) is 2.60. The maximum atomic E-state index is 11.4. The van der Waals surface area contributed by atoms with E-state index in [4.69, 9.17) is 0 Å². The minimum Gasteiger partial charge on any atom is -0.393 e. The van der Waals surface area contributed by atoms with Crippen LogP contribution in [0.3, 0.4) is 0 Å². The maximum absolute atomic E-state index is 11.4. The van der Waals surface area contributed by atoms with Crippen LogP contribution in [0.5, 0.6) is 0 Å². The van der Waals surface area contributed by atoms with Crippen molar-refractivity contribution in [2.24, 2.45) is 11.8 Å². The molecule has 2 unspecified atom stereocenters. The first-order chi connectivity index (χ1) is 7.72. The van der Waals surface area contributed by atoms with Gasteiger partial charge in [0, 0.05) is 0 Å². The summed E-state index contributed by atoms with van der Waals surface area (Å²) in [6.07, 6.45) is 8.25. The molecule has 0 spiro atoms. The summed E-state index contributed by atoms with van der Waals surface area (Å²) in [5.41, 5.74) is 1.33. The van der Waals surface area contributed by atoms with Crippen LogP contribution in [0.1, 0.15) is 45.4 Å². The van der Waals surface area contributed by atoms with Gasteiger partial charge in [-0.25, -0.2) is 0 Å². The summed E-state index contributed by atoms with van der Waals surface area (Å²) >= 11 is 0. The molecule has 0 N–H and O–H groups in total. The van der Waals surface area contributed by atoms with Crippen molar-refractivity contribution >= 4 is 11.9 Å². The first-order valence-corrected chi connectivity index (χ1v) is 6.15. The molecule has 88 valence electrons. The van der Waals surface area contributed by atoms with Crippen LogP contribution in [0.15, 0.2) is 11.6 Å². The Morgan fingerprint density at radius 3 is 2.75 bits per heavy atom. The number of ether oxygens (including phenoxy) is 1. The van der Waals surface area contributed by atoms with Gasteiger partial charge in [-0.05, 0) is 25.7 Å². The number of esters is 2. The second kappa shape index (κ2) is 4.81. The number of hydrogen-bond donors (Lipinski definition) is 0. The van der Waals surface area contributed by atoms with Gasteiger partial charge in [0.05, 0.1) is 11.8 Å². The number of rotatable bonds is 4. The van der Waals surface area contributed by atoms with E-state index in [9.17, 15) is 9.59 Å². The molecule has 2 atom stereocenters. The molecule has 0 bridgehead atoms. The predicted molar refractivity (Wildman–Crippen MR) is 59.5 cm³/mol. The molecule has 0 aromatic rings. The van der Waals surface area contributed by atoms with Gasteiger partial charge in [0.15, 0.2) is 0 Å². The Morgan fingerprint density at radius 2 is 2.00 bits per heavy atom. The molecule has 16 heavy (non-hydrogen) atoms. The topological polar surface area (TPSA) is 43.4 Å². The Kier molecular flexibility index (Phi) is 3.42. The fourth-order valence-corrected chi connectivity index (χ4v) is 2.53. The third-order valence-electron chi connectivity index (χ3n) is 3.54. The van der Waals surface area contributed by atoms with Crippen LogP contribution in [-0.2, 0) is 14.3 Å². The largest absolute Gasteiger partial charge is 0.393 e. The summed E-state index contributed by atoms with van der Waals surface area (Å²) in [7, 11) is 0. The second-order valence-corrected chi connectivity index (χ2v) is 4.71. The Balaban J connectivity index is 1.93. The van der Waals surface area contributed by atoms with E-state index in [0.29, 0.717) is 6.42 Å². The zero-order chi connectivity index (χ0) is 11.5. The van der Waals surface area contributed by atoms with Crippen LogP contribution < -0.4 is 0 Å². The average Bonchev–Trinajstić information content (AvgIpc) is 2.55. The quantitative estimate of drug-likeness (QED) is 0.318. The van der Waals surface area contributed by atoms with E-state index in [1.54, 1.807) is 0 Å². The minimum absolute atomic E-state index is 0.186. The number of unbranched alkanes of at least 4 members (excludes halogenated alkanes) is 2. The van der Waals surface area contributed by atoms with Crippen molar-refractivity contribution in [3.8, 4) is 0 Å². The smallest absolute Gasteiger partial charge is 0.317 e. The van der Waals surface area contributed by atoms with Gasteiger partial charge >= 0.3 is 11.9 Å². The molecule has 0 aromatic heterocycles. The van der Waals surface area contributed by atoms with Gasteiger partial charge in [-0.2, -0.15) is 0 Å². The van der Waals surface area contributed by atoms with Gasteiger partial charge in [-0.3, -0.25) is 9.59 Å². The highest BCUT2D eigenvalue weighted by atomic mass is 16.6. The van der Waals surface area contributed by atoms with E-state index in [1.807, 2.05) is 0 Å². The SMILES string of the molecule is CCCCCC1=CCC2C(=O)OC(=O)C2C1. The van der Waals surface area contributed by atoms with E-state index in [0.717, 1.165) is 12.8 Å². The summed E-state index contributed by atoms with van der Waals surface area (Å²) in [5.74, 6) is -1.01. The first kappa shape index (κ1) is 11.4. The van der Waals surface area contributed by atoms with Crippen LogP contribution in [0.2, 0.25) is 0 Å². The lowest BCUT2D eigenvalue weighted by Gasteiger charge is -2.20. The Bertz CT molecular complexity index is 330. The molecule has 0 aromatic carbocycles. The summed E-state index contributed by atoms with van der Waals surface area (Å²) in [5, 5.41) is 0. The van der Waals surface area contributed by atoms with Gasteiger partial charge < -0.3 is 4.74 Å². The number of cyclic esters (lactones) is 2. The molecule has 0 amide bonds. The lowest BCUT2D eigenvalue weighted by molar-refractivity contribution is -0.153. The lowest BCUT2D eigenvalue weighted by atomic mass is 9.80. The molecule has 1 fully saturated rings. The van der Waals surface area contributed by atoms with E-state index >= 15 is 0 Å². The number of fused-ring (bicyclic) bond motifs is 1. The van der Waals surface area contributed by atoms with Crippen LogP contribution in [0, 0.1) is 11.8 Å². The molecular weight excluding hydrogens is 204 g/mol. The molecule has 0 radical (unpaired) electrons. The van der Waals surface area contributed by atoms with E-state index in [-0.39, 0.29) is 23.8 Å². The standard InChI is InChI=1S/C13H18O3/c1-2-3-4-5-9-6-7-10-11(8-9)13(15)16-12(10)14/h6,10-11H,2-5,7-8H2,1H3. The van der Waals surface area contributed by atoms with Crippen molar-refractivity contribution in [2.45, 2.75) is 45.4 Å². The van der Waals surface area contributed by atoms with Crippen LogP contribution in [-0.4, -0.2) is 11.9 Å². The van der Waals surface area contributed by atoms with Crippen molar-refractivity contribution in [3.05, 3.63) is 11.6 Å². The van der Waals surface area contributed by atoms with Crippen LogP contribution in [0.25, 0.3) is 0 Å². The molecule has 1 aliphatic heterocycles. The normalized spacial score (nSPS) is 28.7. The molecule has 2 rings (SSSR count). The van der Waals surface area contributed by atoms with Gasteiger partial charge in [-0.15, -0.1) is 0 Å². The molecule has 1 saturated heterocycles. The summed E-state index contributed by atoms with van der Waals surface area (Å²) in [6, 6.07) is 0. The van der Waals surface area contributed by atoms with Crippen molar-refractivity contribution in [1.29, 1.82) is 0 Å². The molecule has 1 heterocycles. The zero-order valence-electron chi connectivity index (χ0n) is 9.70. The van der Waals surface area contributed by atoms with Crippen molar-refractivity contribution < 1.29 is 14.3 Å². The summed E-state index contributed by atoms with van der Waals surface area (Å²) in [6.45, 7) is 2.18. The Morgan fingerprint density at radius 1 is 1.25 bits per heavy atom. The summed E-state index contributed by atoms with van der Waals surface area (Å²) in [4.78, 5) is 22.7. The number of carbonyl (C=O) groups excluding carboxylic acids is 2. The highest BCUT2D eigenvalue weighted by Crippen LogP contribution is 2.37. The minimum atomic E-state index is -0.321. The van der Waals surface area contributed by atoms with Crippen LogP contribution in [0.4, 0.5) is 0 Å². The van der Waals surface area contributed by atoms with Gasteiger partial charge in [0.25, 0.3) is 0 Å². The van der Waals surface area contributed by atoms with Crippen molar-refractivity contribution in [2.75, 3.05) is 0 Å².